The predicted octanol–water partition coefficient (Wildman–Crippen LogP) is 1.19. The van der Waals surface area contributed by atoms with Gasteiger partial charge in [-0.05, 0) is 12.1 Å². The number of aromatic nitrogens is 1. The molecule has 1 aromatic heterocycles. The highest BCUT2D eigenvalue weighted by molar-refractivity contribution is 6.29. The van der Waals surface area contributed by atoms with Crippen molar-refractivity contribution in [1.29, 1.82) is 0 Å². The zero-order valence-corrected chi connectivity index (χ0v) is 11.4. The van der Waals surface area contributed by atoms with E-state index in [0.717, 1.165) is 0 Å². The van der Waals surface area contributed by atoms with E-state index >= 15 is 0 Å². The molecule has 0 fully saturated rings. The maximum absolute atomic E-state index is 12.0. The molecule has 1 aromatic rings. The lowest BCUT2D eigenvalue weighted by Crippen LogP contribution is -2.37. The summed E-state index contributed by atoms with van der Waals surface area (Å²) in [4.78, 5) is 28.7. The van der Waals surface area contributed by atoms with Crippen molar-refractivity contribution >= 4 is 23.4 Å². The number of pyridine rings is 1. The third kappa shape index (κ3) is 3.70. The molecule has 0 saturated carbocycles. The van der Waals surface area contributed by atoms with Crippen molar-refractivity contribution in [2.45, 2.75) is 6.92 Å². The van der Waals surface area contributed by atoms with E-state index in [9.17, 15) is 9.59 Å². The molecule has 0 aliphatic carbocycles. The van der Waals surface area contributed by atoms with Gasteiger partial charge in [0, 0.05) is 26.8 Å². The Morgan fingerprint density at radius 2 is 2.17 bits per heavy atom. The third-order valence-corrected chi connectivity index (χ3v) is 2.79. The molecule has 0 aromatic carbocycles. The molecule has 0 saturated heterocycles. The predicted molar refractivity (Wildman–Crippen MR) is 69.4 cm³/mol. The van der Waals surface area contributed by atoms with Gasteiger partial charge in [-0.15, -0.1) is 0 Å². The van der Waals surface area contributed by atoms with Crippen LogP contribution >= 0.6 is 11.6 Å². The van der Waals surface area contributed by atoms with Crippen LogP contribution in [0, 0.1) is 5.92 Å². The van der Waals surface area contributed by atoms with Crippen molar-refractivity contribution in [3.05, 3.63) is 29.0 Å². The summed E-state index contributed by atoms with van der Waals surface area (Å²) in [6, 6.07) is 3.17. The second-order valence-electron chi connectivity index (χ2n) is 4.07. The minimum Gasteiger partial charge on any atom is -0.359 e. The van der Waals surface area contributed by atoms with Crippen molar-refractivity contribution in [3.63, 3.8) is 0 Å². The molecule has 0 aliphatic rings. The molecule has 2 amide bonds. The molecule has 1 N–H and O–H groups in total. The molecule has 1 heterocycles. The van der Waals surface area contributed by atoms with Crippen LogP contribution in [0.15, 0.2) is 18.3 Å². The van der Waals surface area contributed by atoms with E-state index in [1.54, 1.807) is 33.2 Å². The average Bonchev–Trinajstić information content (AvgIpc) is 2.37. The molecule has 1 rings (SSSR count). The maximum Gasteiger partial charge on any atom is 0.255 e. The fourth-order valence-electron chi connectivity index (χ4n) is 1.55. The fourth-order valence-corrected chi connectivity index (χ4v) is 1.66. The average molecular weight is 270 g/mol. The number of hydrogen-bond donors (Lipinski definition) is 1. The van der Waals surface area contributed by atoms with E-state index in [-0.39, 0.29) is 17.7 Å². The number of rotatable bonds is 4. The SMILES string of the molecule is CNC(=O)C(C)CN(C)C(=O)c1ccc(Cl)nc1. The van der Waals surface area contributed by atoms with Crippen molar-refractivity contribution in [2.24, 2.45) is 5.92 Å². The first-order valence-corrected chi connectivity index (χ1v) is 5.92. The second kappa shape index (κ2) is 6.35. The van der Waals surface area contributed by atoms with E-state index in [0.29, 0.717) is 17.3 Å². The molecule has 1 unspecified atom stereocenters. The summed E-state index contributed by atoms with van der Waals surface area (Å²) < 4.78 is 0. The first-order valence-electron chi connectivity index (χ1n) is 5.54. The smallest absolute Gasteiger partial charge is 0.255 e. The zero-order valence-electron chi connectivity index (χ0n) is 10.6. The highest BCUT2D eigenvalue weighted by Gasteiger charge is 2.18. The normalized spacial score (nSPS) is 11.8. The molecular weight excluding hydrogens is 254 g/mol. The molecule has 0 spiro atoms. The topological polar surface area (TPSA) is 62.3 Å². The standard InChI is InChI=1S/C12H16ClN3O2/c1-8(11(17)14-2)7-16(3)12(18)9-4-5-10(13)15-6-9/h4-6,8H,7H2,1-3H3,(H,14,17). The van der Waals surface area contributed by atoms with Gasteiger partial charge < -0.3 is 10.2 Å². The number of hydrogen-bond acceptors (Lipinski definition) is 3. The third-order valence-electron chi connectivity index (χ3n) is 2.56. The van der Waals surface area contributed by atoms with Crippen molar-refractivity contribution < 1.29 is 9.59 Å². The van der Waals surface area contributed by atoms with Crippen LogP contribution in [-0.4, -0.2) is 42.3 Å². The van der Waals surface area contributed by atoms with E-state index in [4.69, 9.17) is 11.6 Å². The number of carbonyl (C=O) groups is 2. The Balaban J connectivity index is 2.67. The van der Waals surface area contributed by atoms with Crippen LogP contribution in [0.2, 0.25) is 5.15 Å². The zero-order chi connectivity index (χ0) is 13.7. The van der Waals surface area contributed by atoms with E-state index in [2.05, 4.69) is 10.3 Å². The Hall–Kier alpha value is -1.62. The Morgan fingerprint density at radius 1 is 1.50 bits per heavy atom. The molecule has 1 atom stereocenters. The summed E-state index contributed by atoms with van der Waals surface area (Å²) in [6.45, 7) is 2.11. The highest BCUT2D eigenvalue weighted by Crippen LogP contribution is 2.08. The number of amides is 2. The molecule has 98 valence electrons. The summed E-state index contributed by atoms with van der Waals surface area (Å²) in [5.74, 6) is -0.539. The minimum atomic E-state index is -0.260. The van der Waals surface area contributed by atoms with Crippen LogP contribution in [0.5, 0.6) is 0 Å². The maximum atomic E-state index is 12.0. The van der Waals surface area contributed by atoms with Gasteiger partial charge in [0.2, 0.25) is 5.91 Å². The lowest BCUT2D eigenvalue weighted by atomic mass is 10.1. The molecule has 0 radical (unpaired) electrons. The van der Waals surface area contributed by atoms with Crippen LogP contribution in [0.3, 0.4) is 0 Å². The minimum absolute atomic E-state index is 0.0936. The molecule has 0 bridgehead atoms. The summed E-state index contributed by atoms with van der Waals surface area (Å²) in [5.41, 5.74) is 0.450. The van der Waals surface area contributed by atoms with Gasteiger partial charge in [0.1, 0.15) is 5.15 Å². The quantitative estimate of drug-likeness (QED) is 0.835. The summed E-state index contributed by atoms with van der Waals surface area (Å²) >= 11 is 5.65. The number of carbonyl (C=O) groups excluding carboxylic acids is 2. The Bertz CT molecular complexity index is 433. The first kappa shape index (κ1) is 14.4. The Kier molecular flexibility index (Phi) is 5.09. The molecule has 0 aliphatic heterocycles. The molecule has 18 heavy (non-hydrogen) atoms. The molecular formula is C12H16ClN3O2. The lowest BCUT2D eigenvalue weighted by Gasteiger charge is -2.20. The summed E-state index contributed by atoms with van der Waals surface area (Å²) in [6.07, 6.45) is 1.42. The lowest BCUT2D eigenvalue weighted by molar-refractivity contribution is -0.124. The van der Waals surface area contributed by atoms with Gasteiger partial charge in [-0.2, -0.15) is 0 Å². The van der Waals surface area contributed by atoms with Crippen LogP contribution in [0.1, 0.15) is 17.3 Å². The molecule has 6 heteroatoms. The van der Waals surface area contributed by atoms with Gasteiger partial charge in [-0.3, -0.25) is 9.59 Å². The Labute approximate surface area is 111 Å². The number of nitrogens with one attached hydrogen (secondary N) is 1. The van der Waals surface area contributed by atoms with Gasteiger partial charge >= 0.3 is 0 Å². The van der Waals surface area contributed by atoms with Gasteiger partial charge in [0.05, 0.1) is 11.5 Å². The molecule has 5 nitrogen and oxygen atoms in total. The van der Waals surface area contributed by atoms with E-state index in [1.807, 2.05) is 0 Å². The van der Waals surface area contributed by atoms with Gasteiger partial charge in [-0.1, -0.05) is 18.5 Å². The number of halogens is 1. The van der Waals surface area contributed by atoms with Crippen molar-refractivity contribution in [2.75, 3.05) is 20.6 Å². The van der Waals surface area contributed by atoms with E-state index in [1.165, 1.54) is 11.1 Å². The van der Waals surface area contributed by atoms with Gasteiger partial charge in [0.25, 0.3) is 5.91 Å². The van der Waals surface area contributed by atoms with Crippen LogP contribution in [0.4, 0.5) is 0 Å². The Morgan fingerprint density at radius 3 is 2.67 bits per heavy atom. The summed E-state index contributed by atoms with van der Waals surface area (Å²) in [5, 5.41) is 2.89. The van der Waals surface area contributed by atoms with Gasteiger partial charge in [-0.25, -0.2) is 4.98 Å². The number of nitrogens with zero attached hydrogens (tertiary/aromatic N) is 2. The largest absolute Gasteiger partial charge is 0.359 e. The first-order chi connectivity index (χ1) is 8.45. The monoisotopic (exact) mass is 269 g/mol. The fraction of sp³-hybridized carbons (Fsp3) is 0.417. The van der Waals surface area contributed by atoms with Crippen LogP contribution in [-0.2, 0) is 4.79 Å². The highest BCUT2D eigenvalue weighted by atomic mass is 35.5. The van der Waals surface area contributed by atoms with Crippen LogP contribution in [0.25, 0.3) is 0 Å². The second-order valence-corrected chi connectivity index (χ2v) is 4.46. The van der Waals surface area contributed by atoms with Gasteiger partial charge in [0.15, 0.2) is 0 Å². The van der Waals surface area contributed by atoms with Crippen LogP contribution < -0.4 is 5.32 Å². The summed E-state index contributed by atoms with van der Waals surface area (Å²) in [7, 11) is 3.22. The van der Waals surface area contributed by atoms with Crippen molar-refractivity contribution in [1.82, 2.24) is 15.2 Å². The van der Waals surface area contributed by atoms with Crippen molar-refractivity contribution in [3.8, 4) is 0 Å². The van der Waals surface area contributed by atoms with E-state index < -0.39 is 0 Å².